The minimum absolute atomic E-state index is 0.171. The summed E-state index contributed by atoms with van der Waals surface area (Å²) in [5.74, 6) is -0.171. The van der Waals surface area contributed by atoms with Crippen molar-refractivity contribution in [1.29, 1.82) is 0 Å². The van der Waals surface area contributed by atoms with Crippen LogP contribution in [0.25, 0.3) is 0 Å². The molecule has 1 aromatic heterocycles. The van der Waals surface area contributed by atoms with Gasteiger partial charge in [-0.2, -0.15) is 0 Å². The highest BCUT2D eigenvalue weighted by Gasteiger charge is 2.22. The molecule has 0 aliphatic rings. The number of rotatable bonds is 9. The quantitative estimate of drug-likeness (QED) is 0.640. The highest BCUT2D eigenvalue weighted by atomic mass is 35.5. The van der Waals surface area contributed by atoms with Crippen molar-refractivity contribution in [3.63, 3.8) is 0 Å². The zero-order valence-electron chi connectivity index (χ0n) is 16.0. The first-order valence-corrected chi connectivity index (χ1v) is 9.72. The SMILES string of the molecule is COCCN(CCOC)C(=O)c1sc(NC(=O)Nc2ccc(Cl)cc2)nc1C. The fourth-order valence-electron chi connectivity index (χ4n) is 2.30. The maximum absolute atomic E-state index is 12.8. The van der Waals surface area contributed by atoms with Crippen LogP contribution in [-0.2, 0) is 9.47 Å². The maximum Gasteiger partial charge on any atom is 0.325 e. The summed E-state index contributed by atoms with van der Waals surface area (Å²) in [6.07, 6.45) is 0. The van der Waals surface area contributed by atoms with Crippen molar-refractivity contribution in [3.05, 3.63) is 39.9 Å². The van der Waals surface area contributed by atoms with Crippen LogP contribution in [0.5, 0.6) is 0 Å². The summed E-state index contributed by atoms with van der Waals surface area (Å²) in [5.41, 5.74) is 1.15. The smallest absolute Gasteiger partial charge is 0.325 e. The molecule has 2 N–H and O–H groups in total. The Balaban J connectivity index is 2.04. The summed E-state index contributed by atoms with van der Waals surface area (Å²) < 4.78 is 10.1. The van der Waals surface area contributed by atoms with E-state index in [2.05, 4.69) is 15.6 Å². The number of urea groups is 1. The van der Waals surface area contributed by atoms with Gasteiger partial charge < -0.3 is 19.7 Å². The molecule has 0 aliphatic carbocycles. The first kappa shape index (κ1) is 22.1. The van der Waals surface area contributed by atoms with Crippen LogP contribution in [0.3, 0.4) is 0 Å². The van der Waals surface area contributed by atoms with Crippen LogP contribution in [0.2, 0.25) is 5.02 Å². The van der Waals surface area contributed by atoms with Gasteiger partial charge in [0.05, 0.1) is 18.9 Å². The van der Waals surface area contributed by atoms with Crippen LogP contribution in [0.15, 0.2) is 24.3 Å². The Labute approximate surface area is 172 Å². The van der Waals surface area contributed by atoms with Crippen molar-refractivity contribution in [2.45, 2.75) is 6.92 Å². The number of hydrogen-bond acceptors (Lipinski definition) is 6. The second kappa shape index (κ2) is 11.0. The van der Waals surface area contributed by atoms with Crippen molar-refractivity contribution in [2.75, 3.05) is 51.2 Å². The number of ether oxygens (including phenoxy) is 2. The summed E-state index contributed by atoms with van der Waals surface area (Å²) in [6.45, 7) is 3.45. The molecule has 2 rings (SSSR count). The summed E-state index contributed by atoms with van der Waals surface area (Å²) >= 11 is 6.96. The van der Waals surface area contributed by atoms with Crippen molar-refractivity contribution in [3.8, 4) is 0 Å². The van der Waals surface area contributed by atoms with E-state index in [1.807, 2.05) is 0 Å². The van der Waals surface area contributed by atoms with Crippen molar-refractivity contribution >= 4 is 45.7 Å². The largest absolute Gasteiger partial charge is 0.383 e. The molecular formula is C18H23ClN4O4S. The molecule has 0 saturated carbocycles. The average Bonchev–Trinajstić information content (AvgIpc) is 3.03. The summed E-state index contributed by atoms with van der Waals surface area (Å²) in [7, 11) is 3.16. The molecule has 0 fully saturated rings. The zero-order valence-corrected chi connectivity index (χ0v) is 17.5. The van der Waals surface area contributed by atoms with Crippen LogP contribution < -0.4 is 10.6 Å². The number of benzene rings is 1. The first-order chi connectivity index (χ1) is 13.4. The van der Waals surface area contributed by atoms with Crippen LogP contribution in [-0.4, -0.2) is 62.3 Å². The zero-order chi connectivity index (χ0) is 20.5. The molecule has 0 radical (unpaired) electrons. The molecule has 0 atom stereocenters. The highest BCUT2D eigenvalue weighted by molar-refractivity contribution is 7.17. The Kier molecular flexibility index (Phi) is 8.65. The molecular weight excluding hydrogens is 404 g/mol. The predicted octanol–water partition coefficient (Wildman–Crippen LogP) is 3.48. The molecule has 0 unspecified atom stereocenters. The van der Waals surface area contributed by atoms with E-state index >= 15 is 0 Å². The monoisotopic (exact) mass is 426 g/mol. The standard InChI is InChI=1S/C18H23ClN4O4S/c1-12-15(16(24)23(8-10-26-2)9-11-27-3)28-18(20-12)22-17(25)21-14-6-4-13(19)5-7-14/h4-7H,8-11H2,1-3H3,(H2,20,21,22,25). The van der Waals surface area contributed by atoms with E-state index in [4.69, 9.17) is 21.1 Å². The number of methoxy groups -OCH3 is 2. The summed E-state index contributed by atoms with van der Waals surface area (Å²) in [4.78, 5) is 31.4. The fraction of sp³-hybridized carbons (Fsp3) is 0.389. The van der Waals surface area contributed by atoms with Gasteiger partial charge in [-0.25, -0.2) is 9.78 Å². The van der Waals surface area contributed by atoms with E-state index in [9.17, 15) is 9.59 Å². The van der Waals surface area contributed by atoms with E-state index in [1.165, 1.54) is 0 Å². The van der Waals surface area contributed by atoms with Crippen molar-refractivity contribution in [2.24, 2.45) is 0 Å². The van der Waals surface area contributed by atoms with Crippen LogP contribution >= 0.6 is 22.9 Å². The van der Waals surface area contributed by atoms with Gasteiger partial charge in [-0.15, -0.1) is 0 Å². The Bertz CT molecular complexity index is 789. The van der Waals surface area contributed by atoms with E-state index in [0.29, 0.717) is 52.7 Å². The maximum atomic E-state index is 12.8. The van der Waals surface area contributed by atoms with Crippen LogP contribution in [0.4, 0.5) is 15.6 Å². The predicted molar refractivity (Wildman–Crippen MR) is 111 cm³/mol. The van der Waals surface area contributed by atoms with E-state index in [-0.39, 0.29) is 5.91 Å². The molecule has 1 heterocycles. The lowest BCUT2D eigenvalue weighted by Crippen LogP contribution is -2.36. The molecule has 0 spiro atoms. The minimum atomic E-state index is -0.453. The Hall–Kier alpha value is -2.20. The molecule has 10 heteroatoms. The van der Waals surface area contributed by atoms with Crippen molar-refractivity contribution < 1.29 is 19.1 Å². The Morgan fingerprint density at radius 1 is 1.11 bits per heavy atom. The minimum Gasteiger partial charge on any atom is -0.383 e. The number of hydrogen-bond donors (Lipinski definition) is 2. The van der Waals surface area contributed by atoms with Gasteiger partial charge in [0.2, 0.25) is 0 Å². The molecule has 0 bridgehead atoms. The number of carbonyl (C=O) groups excluding carboxylic acids is 2. The molecule has 2 aromatic rings. The average molecular weight is 427 g/mol. The van der Waals surface area contributed by atoms with Gasteiger partial charge in [-0.3, -0.25) is 10.1 Å². The molecule has 152 valence electrons. The van der Waals surface area contributed by atoms with Crippen LogP contribution in [0, 0.1) is 6.92 Å². The lowest BCUT2D eigenvalue weighted by atomic mass is 10.3. The van der Waals surface area contributed by atoms with Gasteiger partial charge in [0.1, 0.15) is 4.88 Å². The van der Waals surface area contributed by atoms with E-state index in [1.54, 1.807) is 50.3 Å². The molecule has 0 saturated heterocycles. The summed E-state index contributed by atoms with van der Waals surface area (Å²) in [6, 6.07) is 6.28. The van der Waals surface area contributed by atoms with Crippen molar-refractivity contribution in [1.82, 2.24) is 9.88 Å². The van der Waals surface area contributed by atoms with Gasteiger partial charge >= 0.3 is 6.03 Å². The summed E-state index contributed by atoms with van der Waals surface area (Å²) in [5, 5.41) is 6.25. The van der Waals surface area contributed by atoms with E-state index < -0.39 is 6.03 Å². The normalized spacial score (nSPS) is 10.6. The lowest BCUT2D eigenvalue weighted by Gasteiger charge is -2.21. The molecule has 3 amide bonds. The first-order valence-electron chi connectivity index (χ1n) is 8.52. The molecule has 8 nitrogen and oxygen atoms in total. The van der Waals surface area contributed by atoms with Crippen LogP contribution in [0.1, 0.15) is 15.4 Å². The number of anilines is 2. The third-order valence-corrected chi connectivity index (χ3v) is 5.04. The number of carbonyl (C=O) groups is 2. The number of nitrogens with zero attached hydrogens (tertiary/aromatic N) is 2. The highest BCUT2D eigenvalue weighted by Crippen LogP contribution is 2.24. The number of aromatic nitrogens is 1. The fourth-order valence-corrected chi connectivity index (χ4v) is 3.36. The van der Waals surface area contributed by atoms with Gasteiger partial charge in [-0.1, -0.05) is 22.9 Å². The van der Waals surface area contributed by atoms with Gasteiger partial charge in [0.25, 0.3) is 5.91 Å². The number of thiazole rings is 1. The Morgan fingerprint density at radius 3 is 2.29 bits per heavy atom. The second-order valence-electron chi connectivity index (χ2n) is 5.80. The lowest BCUT2D eigenvalue weighted by molar-refractivity contribution is 0.0631. The molecule has 1 aromatic carbocycles. The molecule has 0 aliphatic heterocycles. The van der Waals surface area contributed by atoms with Gasteiger partial charge in [-0.05, 0) is 31.2 Å². The third kappa shape index (κ3) is 6.45. The number of halogens is 1. The number of nitrogens with one attached hydrogen (secondary N) is 2. The third-order valence-electron chi connectivity index (χ3n) is 3.73. The second-order valence-corrected chi connectivity index (χ2v) is 7.23. The Morgan fingerprint density at radius 2 is 1.71 bits per heavy atom. The van der Waals surface area contributed by atoms with Gasteiger partial charge in [0, 0.05) is 38.0 Å². The number of amides is 3. The van der Waals surface area contributed by atoms with E-state index in [0.717, 1.165) is 11.3 Å². The van der Waals surface area contributed by atoms with Gasteiger partial charge in [0.15, 0.2) is 5.13 Å². The molecule has 28 heavy (non-hydrogen) atoms. The number of aryl methyl sites for hydroxylation is 1. The topological polar surface area (TPSA) is 92.8 Å².